The molecule has 0 radical (unpaired) electrons. The van der Waals surface area contributed by atoms with Crippen molar-refractivity contribution in [2.45, 2.75) is 32.7 Å². The fourth-order valence-electron chi connectivity index (χ4n) is 1.82. The molecule has 1 fully saturated rings. The second kappa shape index (κ2) is 4.61. The van der Waals surface area contributed by atoms with Crippen molar-refractivity contribution in [2.75, 3.05) is 13.7 Å². The van der Waals surface area contributed by atoms with Gasteiger partial charge in [-0.1, -0.05) is 13.8 Å². The molecule has 1 aliphatic heterocycles. The SMILES string of the molecule is COC(=O)C1CCC(C(C)C)NC1. The second-order valence-electron chi connectivity index (χ2n) is 4.06. The molecule has 76 valence electrons. The van der Waals surface area contributed by atoms with Crippen molar-refractivity contribution >= 4 is 5.97 Å². The van der Waals surface area contributed by atoms with Crippen LogP contribution in [0.1, 0.15) is 26.7 Å². The average Bonchev–Trinajstić information content (AvgIpc) is 2.17. The molecule has 0 amide bonds. The first-order valence-electron chi connectivity index (χ1n) is 4.96. The van der Waals surface area contributed by atoms with E-state index in [1.807, 2.05) is 0 Å². The minimum Gasteiger partial charge on any atom is -0.469 e. The zero-order chi connectivity index (χ0) is 9.84. The Bertz CT molecular complexity index is 172. The topological polar surface area (TPSA) is 38.3 Å². The summed E-state index contributed by atoms with van der Waals surface area (Å²) in [5.74, 6) is 0.647. The Morgan fingerprint density at radius 3 is 2.54 bits per heavy atom. The number of hydrogen-bond donors (Lipinski definition) is 1. The lowest BCUT2D eigenvalue weighted by atomic mass is 9.89. The third kappa shape index (κ3) is 2.69. The molecule has 2 atom stereocenters. The van der Waals surface area contributed by atoms with Gasteiger partial charge in [0.05, 0.1) is 13.0 Å². The maximum atomic E-state index is 11.2. The van der Waals surface area contributed by atoms with Crippen molar-refractivity contribution in [3.8, 4) is 0 Å². The van der Waals surface area contributed by atoms with Gasteiger partial charge in [0.2, 0.25) is 0 Å². The van der Waals surface area contributed by atoms with Crippen LogP contribution in [-0.2, 0) is 9.53 Å². The molecule has 3 heteroatoms. The summed E-state index contributed by atoms with van der Waals surface area (Å²) < 4.78 is 4.71. The van der Waals surface area contributed by atoms with E-state index in [1.54, 1.807) is 0 Å². The number of esters is 1. The average molecular weight is 185 g/mol. The fourth-order valence-corrected chi connectivity index (χ4v) is 1.82. The number of carbonyl (C=O) groups excluding carboxylic acids is 1. The van der Waals surface area contributed by atoms with Crippen LogP contribution in [0.3, 0.4) is 0 Å². The summed E-state index contributed by atoms with van der Waals surface area (Å²) in [6, 6.07) is 0.570. The summed E-state index contributed by atoms with van der Waals surface area (Å²) in [7, 11) is 1.46. The quantitative estimate of drug-likeness (QED) is 0.657. The van der Waals surface area contributed by atoms with Gasteiger partial charge >= 0.3 is 5.97 Å². The molecular weight excluding hydrogens is 166 g/mol. The summed E-state index contributed by atoms with van der Waals surface area (Å²) in [4.78, 5) is 11.2. The van der Waals surface area contributed by atoms with Gasteiger partial charge in [-0.25, -0.2) is 0 Å². The molecule has 0 aromatic carbocycles. The third-order valence-corrected chi connectivity index (χ3v) is 2.79. The van der Waals surface area contributed by atoms with Crippen LogP contribution >= 0.6 is 0 Å². The van der Waals surface area contributed by atoms with Gasteiger partial charge in [-0.15, -0.1) is 0 Å². The zero-order valence-corrected chi connectivity index (χ0v) is 8.67. The minimum absolute atomic E-state index is 0.0694. The van der Waals surface area contributed by atoms with Crippen molar-refractivity contribution in [1.29, 1.82) is 0 Å². The number of hydrogen-bond acceptors (Lipinski definition) is 3. The van der Waals surface area contributed by atoms with Crippen LogP contribution < -0.4 is 5.32 Å². The lowest BCUT2D eigenvalue weighted by Crippen LogP contribution is -2.44. The van der Waals surface area contributed by atoms with Crippen LogP contribution in [0.2, 0.25) is 0 Å². The van der Waals surface area contributed by atoms with Gasteiger partial charge in [-0.3, -0.25) is 4.79 Å². The summed E-state index contributed by atoms with van der Waals surface area (Å²) in [5, 5.41) is 3.38. The lowest BCUT2D eigenvalue weighted by Gasteiger charge is -2.30. The monoisotopic (exact) mass is 185 g/mol. The Balaban J connectivity index is 2.34. The van der Waals surface area contributed by atoms with Crippen molar-refractivity contribution in [3.63, 3.8) is 0 Å². The van der Waals surface area contributed by atoms with E-state index in [1.165, 1.54) is 7.11 Å². The zero-order valence-electron chi connectivity index (χ0n) is 8.67. The first kappa shape index (κ1) is 10.5. The highest BCUT2D eigenvalue weighted by Crippen LogP contribution is 2.19. The van der Waals surface area contributed by atoms with Gasteiger partial charge in [0, 0.05) is 12.6 Å². The van der Waals surface area contributed by atoms with Crippen LogP contribution in [0.25, 0.3) is 0 Å². The van der Waals surface area contributed by atoms with E-state index in [-0.39, 0.29) is 11.9 Å². The van der Waals surface area contributed by atoms with Gasteiger partial charge in [-0.2, -0.15) is 0 Å². The molecule has 0 spiro atoms. The van der Waals surface area contributed by atoms with E-state index in [2.05, 4.69) is 19.2 Å². The number of ether oxygens (including phenoxy) is 1. The molecule has 13 heavy (non-hydrogen) atoms. The van der Waals surface area contributed by atoms with Crippen LogP contribution in [0.15, 0.2) is 0 Å². The minimum atomic E-state index is -0.0743. The van der Waals surface area contributed by atoms with E-state index in [9.17, 15) is 4.79 Å². The number of methoxy groups -OCH3 is 1. The molecule has 2 unspecified atom stereocenters. The molecule has 1 saturated heterocycles. The van der Waals surface area contributed by atoms with Crippen molar-refractivity contribution < 1.29 is 9.53 Å². The Kier molecular flexibility index (Phi) is 3.72. The first-order chi connectivity index (χ1) is 6.15. The molecule has 0 aliphatic carbocycles. The summed E-state index contributed by atoms with van der Waals surface area (Å²) in [5.41, 5.74) is 0. The molecule has 1 heterocycles. The number of rotatable bonds is 2. The number of piperidine rings is 1. The molecule has 0 aromatic heterocycles. The Morgan fingerprint density at radius 2 is 2.15 bits per heavy atom. The molecule has 0 saturated carbocycles. The molecule has 1 rings (SSSR count). The summed E-state index contributed by atoms with van der Waals surface area (Å²) in [6.07, 6.45) is 2.04. The normalized spacial score (nSPS) is 28.9. The predicted octanol–water partition coefficient (Wildman–Crippen LogP) is 1.18. The maximum absolute atomic E-state index is 11.2. The molecule has 1 N–H and O–H groups in total. The van der Waals surface area contributed by atoms with Gasteiger partial charge in [0.15, 0.2) is 0 Å². The van der Waals surface area contributed by atoms with Gasteiger partial charge < -0.3 is 10.1 Å². The van der Waals surface area contributed by atoms with Crippen LogP contribution in [0, 0.1) is 11.8 Å². The Morgan fingerprint density at radius 1 is 1.46 bits per heavy atom. The molecule has 0 aromatic rings. The summed E-state index contributed by atoms with van der Waals surface area (Å²) in [6.45, 7) is 5.18. The largest absolute Gasteiger partial charge is 0.469 e. The van der Waals surface area contributed by atoms with Crippen LogP contribution in [0.5, 0.6) is 0 Å². The maximum Gasteiger partial charge on any atom is 0.309 e. The second-order valence-corrected chi connectivity index (χ2v) is 4.06. The van der Waals surface area contributed by atoms with Crippen molar-refractivity contribution in [3.05, 3.63) is 0 Å². The standard InChI is InChI=1S/C10H19NO2/c1-7(2)9-5-4-8(6-11-9)10(12)13-3/h7-9,11H,4-6H2,1-3H3. The van der Waals surface area contributed by atoms with E-state index in [0.717, 1.165) is 19.4 Å². The molecule has 1 aliphatic rings. The van der Waals surface area contributed by atoms with E-state index in [4.69, 9.17) is 4.74 Å². The molecular formula is C10H19NO2. The molecule has 0 bridgehead atoms. The third-order valence-electron chi connectivity index (χ3n) is 2.79. The Hall–Kier alpha value is -0.570. The summed E-state index contributed by atoms with van der Waals surface area (Å²) >= 11 is 0. The predicted molar refractivity (Wildman–Crippen MR) is 51.4 cm³/mol. The fraction of sp³-hybridized carbons (Fsp3) is 0.900. The Labute approximate surface area is 79.8 Å². The number of nitrogens with one attached hydrogen (secondary N) is 1. The number of carbonyl (C=O) groups is 1. The van der Waals surface area contributed by atoms with Crippen molar-refractivity contribution in [1.82, 2.24) is 5.32 Å². The van der Waals surface area contributed by atoms with Gasteiger partial charge in [0.25, 0.3) is 0 Å². The highest BCUT2D eigenvalue weighted by molar-refractivity contribution is 5.72. The van der Waals surface area contributed by atoms with Crippen LogP contribution in [-0.4, -0.2) is 25.7 Å². The highest BCUT2D eigenvalue weighted by atomic mass is 16.5. The van der Waals surface area contributed by atoms with E-state index in [0.29, 0.717) is 12.0 Å². The van der Waals surface area contributed by atoms with Gasteiger partial charge in [-0.05, 0) is 18.8 Å². The highest BCUT2D eigenvalue weighted by Gasteiger charge is 2.27. The lowest BCUT2D eigenvalue weighted by molar-refractivity contribution is -0.146. The van der Waals surface area contributed by atoms with Crippen molar-refractivity contribution in [2.24, 2.45) is 11.8 Å². The molecule has 3 nitrogen and oxygen atoms in total. The van der Waals surface area contributed by atoms with E-state index >= 15 is 0 Å². The first-order valence-corrected chi connectivity index (χ1v) is 4.96. The van der Waals surface area contributed by atoms with E-state index < -0.39 is 0 Å². The smallest absolute Gasteiger partial charge is 0.309 e. The van der Waals surface area contributed by atoms with Crippen LogP contribution in [0.4, 0.5) is 0 Å². The van der Waals surface area contributed by atoms with Gasteiger partial charge in [0.1, 0.15) is 0 Å².